The van der Waals surface area contributed by atoms with Crippen LogP contribution in [0.2, 0.25) is 0 Å². The van der Waals surface area contributed by atoms with E-state index in [2.05, 4.69) is 9.97 Å². The Morgan fingerprint density at radius 2 is 2.04 bits per heavy atom. The van der Waals surface area contributed by atoms with E-state index in [0.717, 1.165) is 11.3 Å². The highest BCUT2D eigenvalue weighted by Gasteiger charge is 2.34. The minimum atomic E-state index is -0.309. The first-order chi connectivity index (χ1) is 13.6. The molecule has 0 spiro atoms. The van der Waals surface area contributed by atoms with Crippen LogP contribution in [0.1, 0.15) is 16.6 Å². The van der Waals surface area contributed by atoms with Gasteiger partial charge < -0.3 is 4.98 Å². The summed E-state index contributed by atoms with van der Waals surface area (Å²) in [6.07, 6.45) is 2.60. The van der Waals surface area contributed by atoms with Crippen molar-refractivity contribution in [2.24, 2.45) is 0 Å². The number of rotatable bonds is 5. The van der Waals surface area contributed by atoms with Crippen LogP contribution < -0.4 is 10.5 Å². The molecule has 4 rings (SSSR count). The summed E-state index contributed by atoms with van der Waals surface area (Å²) in [5, 5.41) is -0.230. The van der Waals surface area contributed by atoms with E-state index in [9.17, 15) is 14.0 Å². The minimum Gasteiger partial charge on any atom is -0.319 e. The van der Waals surface area contributed by atoms with Crippen LogP contribution >= 0.6 is 23.5 Å². The number of hydrogen-bond acceptors (Lipinski definition) is 5. The van der Waals surface area contributed by atoms with E-state index in [4.69, 9.17) is 0 Å². The van der Waals surface area contributed by atoms with Gasteiger partial charge >= 0.3 is 0 Å². The van der Waals surface area contributed by atoms with Crippen molar-refractivity contribution >= 4 is 46.2 Å². The van der Waals surface area contributed by atoms with Gasteiger partial charge in [0.1, 0.15) is 16.9 Å². The van der Waals surface area contributed by atoms with Gasteiger partial charge in [-0.2, -0.15) is 11.8 Å². The lowest BCUT2D eigenvalue weighted by atomic mass is 10.1. The largest absolute Gasteiger partial charge is 0.319 e. The number of thioether (sulfide) groups is 2. The van der Waals surface area contributed by atoms with Crippen LogP contribution in [0.25, 0.3) is 11.0 Å². The lowest BCUT2D eigenvalue weighted by Gasteiger charge is -2.24. The van der Waals surface area contributed by atoms with Crippen molar-refractivity contribution in [2.45, 2.75) is 11.8 Å². The number of nitrogens with one attached hydrogen (secondary N) is 1. The van der Waals surface area contributed by atoms with Crippen LogP contribution in [0.4, 0.5) is 10.1 Å². The summed E-state index contributed by atoms with van der Waals surface area (Å²) in [7, 11) is 0. The number of anilines is 1. The number of hydrogen-bond donors (Lipinski definition) is 1. The van der Waals surface area contributed by atoms with E-state index in [0.29, 0.717) is 34.6 Å². The number of aryl methyl sites for hydroxylation is 1. The Morgan fingerprint density at radius 3 is 2.79 bits per heavy atom. The molecule has 2 aromatic carbocycles. The second kappa shape index (κ2) is 7.97. The molecule has 0 saturated carbocycles. The molecule has 1 aromatic heterocycles. The Labute approximate surface area is 169 Å². The van der Waals surface area contributed by atoms with Gasteiger partial charge in [-0.05, 0) is 47.9 Å². The molecule has 2 heterocycles. The molecule has 28 heavy (non-hydrogen) atoms. The number of halogens is 1. The minimum absolute atomic E-state index is 0.0226. The van der Waals surface area contributed by atoms with Gasteiger partial charge in [0.2, 0.25) is 5.91 Å². The molecule has 1 unspecified atom stereocenters. The maximum Gasteiger partial charge on any atom is 0.270 e. The molecule has 3 aromatic rings. The lowest BCUT2D eigenvalue weighted by Crippen LogP contribution is -2.28. The number of nitrogens with zero attached hydrogens (tertiary/aromatic N) is 2. The van der Waals surface area contributed by atoms with E-state index in [1.807, 2.05) is 18.4 Å². The van der Waals surface area contributed by atoms with Gasteiger partial charge in [0.15, 0.2) is 0 Å². The summed E-state index contributed by atoms with van der Waals surface area (Å²) >= 11 is 3.16. The molecule has 0 aliphatic carbocycles. The monoisotopic (exact) mass is 415 g/mol. The predicted octanol–water partition coefficient (Wildman–Crippen LogP) is 3.75. The average Bonchev–Trinajstić information content (AvgIpc) is 3.08. The molecule has 0 radical (unpaired) electrons. The third kappa shape index (κ3) is 3.66. The van der Waals surface area contributed by atoms with Gasteiger partial charge in [0.05, 0.1) is 16.8 Å². The fourth-order valence-electron chi connectivity index (χ4n) is 3.21. The summed E-state index contributed by atoms with van der Waals surface area (Å²) in [6, 6.07) is 11.6. The number of aromatic nitrogens is 2. The zero-order valence-corrected chi connectivity index (χ0v) is 16.8. The molecule has 1 saturated heterocycles. The van der Waals surface area contributed by atoms with Crippen molar-refractivity contribution in [3.8, 4) is 0 Å². The third-order valence-corrected chi connectivity index (χ3v) is 6.41. The summed E-state index contributed by atoms with van der Waals surface area (Å²) in [4.78, 5) is 33.9. The summed E-state index contributed by atoms with van der Waals surface area (Å²) < 4.78 is 13.3. The van der Waals surface area contributed by atoms with Crippen LogP contribution in [0.3, 0.4) is 0 Å². The highest BCUT2D eigenvalue weighted by atomic mass is 32.2. The first-order valence-electron chi connectivity index (χ1n) is 8.78. The van der Waals surface area contributed by atoms with Gasteiger partial charge in [-0.25, -0.2) is 9.37 Å². The Bertz CT molecular complexity index is 1080. The van der Waals surface area contributed by atoms with Gasteiger partial charge in [0.25, 0.3) is 5.56 Å². The van der Waals surface area contributed by atoms with Crippen LogP contribution in [0.5, 0.6) is 0 Å². The van der Waals surface area contributed by atoms with Crippen LogP contribution in [-0.4, -0.2) is 33.6 Å². The van der Waals surface area contributed by atoms with Crippen molar-refractivity contribution in [3.05, 3.63) is 69.9 Å². The molecule has 1 amide bonds. The number of fused-ring (bicyclic) bond motifs is 1. The fourth-order valence-corrected chi connectivity index (χ4v) is 4.78. The average molecular weight is 416 g/mol. The molecule has 1 aliphatic heterocycles. The Morgan fingerprint density at radius 1 is 1.25 bits per heavy atom. The smallest absolute Gasteiger partial charge is 0.270 e. The SMILES string of the molecule is CSCCc1nc2ccc(N3C(=O)CSC3c3ccc(F)cc3)cc2[nH]c1=O. The molecular weight excluding hydrogens is 397 g/mol. The fraction of sp³-hybridized carbons (Fsp3) is 0.250. The Balaban J connectivity index is 1.71. The number of amides is 1. The number of benzene rings is 2. The number of H-pyrrole nitrogens is 1. The maximum absolute atomic E-state index is 13.3. The molecule has 5 nitrogen and oxygen atoms in total. The van der Waals surface area contributed by atoms with Gasteiger partial charge in [-0.15, -0.1) is 11.8 Å². The maximum atomic E-state index is 13.3. The lowest BCUT2D eigenvalue weighted by molar-refractivity contribution is -0.115. The summed E-state index contributed by atoms with van der Waals surface area (Å²) in [5.41, 5.74) is 3.15. The first kappa shape index (κ1) is 19.0. The Hall–Kier alpha value is -2.32. The van der Waals surface area contributed by atoms with Crippen molar-refractivity contribution < 1.29 is 9.18 Å². The molecule has 0 bridgehead atoms. The first-order valence-corrected chi connectivity index (χ1v) is 11.2. The molecular formula is C20H18FN3O2S2. The van der Waals surface area contributed by atoms with Gasteiger partial charge in [0, 0.05) is 12.1 Å². The van der Waals surface area contributed by atoms with Crippen LogP contribution in [-0.2, 0) is 11.2 Å². The molecule has 8 heteroatoms. The van der Waals surface area contributed by atoms with Crippen molar-refractivity contribution in [3.63, 3.8) is 0 Å². The molecule has 1 fully saturated rings. The van der Waals surface area contributed by atoms with Gasteiger partial charge in [-0.3, -0.25) is 14.5 Å². The zero-order chi connectivity index (χ0) is 19.7. The van der Waals surface area contributed by atoms with Crippen molar-refractivity contribution in [1.29, 1.82) is 0 Å². The topological polar surface area (TPSA) is 66.1 Å². The molecule has 1 N–H and O–H groups in total. The van der Waals surface area contributed by atoms with Crippen LogP contribution in [0.15, 0.2) is 47.3 Å². The second-order valence-electron chi connectivity index (χ2n) is 6.44. The van der Waals surface area contributed by atoms with E-state index in [1.165, 1.54) is 23.9 Å². The van der Waals surface area contributed by atoms with Crippen molar-refractivity contribution in [2.75, 3.05) is 22.7 Å². The van der Waals surface area contributed by atoms with Crippen molar-refractivity contribution in [1.82, 2.24) is 9.97 Å². The standard InChI is InChI=1S/C20H18FN3O2S2/c1-27-9-8-16-19(26)23-17-10-14(6-7-15(17)22-16)24-18(25)11-28-20(24)12-2-4-13(21)5-3-12/h2-7,10,20H,8-9,11H2,1H3,(H,23,26). The quantitative estimate of drug-likeness (QED) is 0.688. The number of carbonyl (C=O) groups excluding carboxylic acids is 1. The summed E-state index contributed by atoms with van der Waals surface area (Å²) in [6.45, 7) is 0. The molecule has 1 atom stereocenters. The second-order valence-corrected chi connectivity index (χ2v) is 8.49. The van der Waals surface area contributed by atoms with E-state index in [1.54, 1.807) is 34.9 Å². The Kier molecular flexibility index (Phi) is 5.41. The molecule has 1 aliphatic rings. The van der Waals surface area contributed by atoms with E-state index in [-0.39, 0.29) is 22.7 Å². The number of carbonyl (C=O) groups is 1. The highest BCUT2D eigenvalue weighted by Crippen LogP contribution is 2.42. The van der Waals surface area contributed by atoms with E-state index >= 15 is 0 Å². The number of aromatic amines is 1. The van der Waals surface area contributed by atoms with Gasteiger partial charge in [-0.1, -0.05) is 12.1 Å². The molecule has 144 valence electrons. The van der Waals surface area contributed by atoms with Crippen LogP contribution in [0, 0.1) is 5.82 Å². The van der Waals surface area contributed by atoms with E-state index < -0.39 is 0 Å². The normalized spacial score (nSPS) is 16.9. The third-order valence-electron chi connectivity index (χ3n) is 4.59. The summed E-state index contributed by atoms with van der Waals surface area (Å²) in [5.74, 6) is 0.850. The zero-order valence-electron chi connectivity index (χ0n) is 15.1. The highest BCUT2D eigenvalue weighted by molar-refractivity contribution is 8.00. The predicted molar refractivity (Wildman–Crippen MR) is 114 cm³/mol.